The van der Waals surface area contributed by atoms with Gasteiger partial charge in [-0.2, -0.15) is 0 Å². The summed E-state index contributed by atoms with van der Waals surface area (Å²) in [6.45, 7) is 1.53. The Balaban J connectivity index is 3.11. The Hall–Kier alpha value is -1.10. The average molecular weight is 291 g/mol. The van der Waals surface area contributed by atoms with Gasteiger partial charge in [0, 0.05) is 5.56 Å². The molecular weight excluding hydrogens is 279 g/mol. The largest absolute Gasteiger partial charge is 0.495 e. The van der Waals surface area contributed by atoms with E-state index in [1.165, 1.54) is 26.2 Å². The standard InChI is InChI=1S/C11H12BrFO3/c1-6(11(14)15)5-7-9(13)4-3-8(12)10(7)16-2/h3-4,6H,5H2,1-2H3,(H,14,15). The minimum atomic E-state index is -0.957. The fourth-order valence-corrected chi connectivity index (χ4v) is 1.91. The van der Waals surface area contributed by atoms with Crippen molar-refractivity contribution < 1.29 is 19.0 Å². The van der Waals surface area contributed by atoms with Crippen LogP contribution in [-0.4, -0.2) is 18.2 Å². The molecule has 16 heavy (non-hydrogen) atoms. The van der Waals surface area contributed by atoms with Gasteiger partial charge in [-0.25, -0.2) is 4.39 Å². The minimum absolute atomic E-state index is 0.101. The Labute approximate surface area is 101 Å². The SMILES string of the molecule is COc1c(Br)ccc(F)c1CC(C)C(=O)O. The predicted octanol–water partition coefficient (Wildman–Crippen LogP) is 2.86. The fraction of sp³-hybridized carbons (Fsp3) is 0.364. The van der Waals surface area contributed by atoms with Crippen LogP contribution in [0.4, 0.5) is 4.39 Å². The number of hydrogen-bond donors (Lipinski definition) is 1. The lowest BCUT2D eigenvalue weighted by atomic mass is 10.00. The van der Waals surface area contributed by atoms with Crippen LogP contribution in [0.2, 0.25) is 0 Å². The normalized spacial score (nSPS) is 12.2. The molecule has 5 heteroatoms. The van der Waals surface area contributed by atoms with Gasteiger partial charge >= 0.3 is 5.97 Å². The van der Waals surface area contributed by atoms with E-state index >= 15 is 0 Å². The molecule has 0 bridgehead atoms. The lowest BCUT2D eigenvalue weighted by molar-refractivity contribution is -0.141. The number of benzene rings is 1. The fourth-order valence-electron chi connectivity index (χ4n) is 1.38. The van der Waals surface area contributed by atoms with Gasteiger partial charge in [0.2, 0.25) is 0 Å². The summed E-state index contributed by atoms with van der Waals surface area (Å²) in [5.74, 6) is -1.71. The second-order valence-electron chi connectivity index (χ2n) is 3.48. The molecule has 1 aromatic carbocycles. The molecule has 88 valence electrons. The molecule has 0 aliphatic heterocycles. The molecule has 0 aliphatic carbocycles. The summed E-state index contributed by atoms with van der Waals surface area (Å²) in [5.41, 5.74) is 0.284. The lowest BCUT2D eigenvalue weighted by Crippen LogP contribution is -2.14. The van der Waals surface area contributed by atoms with Gasteiger partial charge in [0.15, 0.2) is 0 Å². The molecule has 0 spiro atoms. The van der Waals surface area contributed by atoms with Crippen LogP contribution >= 0.6 is 15.9 Å². The summed E-state index contributed by atoms with van der Waals surface area (Å²) in [6, 6.07) is 2.82. The van der Waals surface area contributed by atoms with Crippen LogP contribution in [-0.2, 0) is 11.2 Å². The van der Waals surface area contributed by atoms with Crippen molar-refractivity contribution in [1.29, 1.82) is 0 Å². The third-order valence-corrected chi connectivity index (χ3v) is 2.92. The van der Waals surface area contributed by atoms with E-state index in [4.69, 9.17) is 9.84 Å². The Kier molecular flexibility index (Phi) is 4.29. The van der Waals surface area contributed by atoms with Crippen molar-refractivity contribution in [2.75, 3.05) is 7.11 Å². The van der Waals surface area contributed by atoms with E-state index in [2.05, 4.69) is 15.9 Å². The summed E-state index contributed by atoms with van der Waals surface area (Å²) in [7, 11) is 1.43. The maximum Gasteiger partial charge on any atom is 0.306 e. The summed E-state index contributed by atoms with van der Waals surface area (Å²) in [4.78, 5) is 10.7. The Morgan fingerprint density at radius 2 is 2.25 bits per heavy atom. The number of halogens is 2. The number of rotatable bonds is 4. The highest BCUT2D eigenvalue weighted by molar-refractivity contribution is 9.10. The molecule has 1 rings (SSSR count). The molecule has 1 N–H and O–H groups in total. The van der Waals surface area contributed by atoms with Crippen molar-refractivity contribution in [2.24, 2.45) is 5.92 Å². The van der Waals surface area contributed by atoms with E-state index in [9.17, 15) is 9.18 Å². The van der Waals surface area contributed by atoms with Crippen LogP contribution < -0.4 is 4.74 Å². The second-order valence-corrected chi connectivity index (χ2v) is 4.34. The molecule has 0 saturated carbocycles. The van der Waals surface area contributed by atoms with E-state index in [0.717, 1.165) is 0 Å². The molecule has 0 radical (unpaired) electrons. The second kappa shape index (κ2) is 5.30. The minimum Gasteiger partial charge on any atom is -0.495 e. The third-order valence-electron chi connectivity index (χ3n) is 2.29. The molecule has 0 heterocycles. The topological polar surface area (TPSA) is 46.5 Å². The zero-order valence-electron chi connectivity index (χ0n) is 8.96. The van der Waals surface area contributed by atoms with Gasteiger partial charge < -0.3 is 9.84 Å². The Bertz CT molecular complexity index is 406. The summed E-state index contributed by atoms with van der Waals surface area (Å²) < 4.78 is 19.2. The number of carboxylic acid groups (broad SMARTS) is 1. The van der Waals surface area contributed by atoms with Crippen LogP contribution in [0.15, 0.2) is 16.6 Å². The van der Waals surface area contributed by atoms with Gasteiger partial charge in [-0.05, 0) is 34.5 Å². The highest BCUT2D eigenvalue weighted by atomic mass is 79.9. The predicted molar refractivity (Wildman–Crippen MR) is 61.2 cm³/mol. The summed E-state index contributed by atoms with van der Waals surface area (Å²) in [5, 5.41) is 8.79. The molecule has 0 aromatic heterocycles. The summed E-state index contributed by atoms with van der Waals surface area (Å²) >= 11 is 3.23. The van der Waals surface area contributed by atoms with Crippen LogP contribution in [0.25, 0.3) is 0 Å². The van der Waals surface area contributed by atoms with Gasteiger partial charge in [-0.3, -0.25) is 4.79 Å². The molecule has 0 aliphatic rings. The van der Waals surface area contributed by atoms with E-state index < -0.39 is 17.7 Å². The van der Waals surface area contributed by atoms with E-state index in [1.807, 2.05) is 0 Å². The number of hydrogen-bond acceptors (Lipinski definition) is 2. The molecular formula is C11H12BrFO3. The van der Waals surface area contributed by atoms with Crippen molar-refractivity contribution in [3.63, 3.8) is 0 Å². The van der Waals surface area contributed by atoms with Crippen LogP contribution in [0.1, 0.15) is 12.5 Å². The Morgan fingerprint density at radius 1 is 1.62 bits per heavy atom. The van der Waals surface area contributed by atoms with Gasteiger partial charge in [-0.15, -0.1) is 0 Å². The maximum absolute atomic E-state index is 13.5. The van der Waals surface area contributed by atoms with Crippen molar-refractivity contribution >= 4 is 21.9 Å². The van der Waals surface area contributed by atoms with Gasteiger partial charge in [0.05, 0.1) is 17.5 Å². The van der Waals surface area contributed by atoms with Crippen LogP contribution in [0, 0.1) is 11.7 Å². The van der Waals surface area contributed by atoms with E-state index in [1.54, 1.807) is 0 Å². The monoisotopic (exact) mass is 290 g/mol. The molecule has 1 unspecified atom stereocenters. The highest BCUT2D eigenvalue weighted by Gasteiger charge is 2.19. The first kappa shape index (κ1) is 13.0. The Morgan fingerprint density at radius 3 is 2.75 bits per heavy atom. The van der Waals surface area contributed by atoms with Gasteiger partial charge in [0.25, 0.3) is 0 Å². The molecule has 0 fully saturated rings. The van der Waals surface area contributed by atoms with Crippen molar-refractivity contribution in [2.45, 2.75) is 13.3 Å². The van der Waals surface area contributed by atoms with Crippen molar-refractivity contribution in [3.8, 4) is 5.75 Å². The first-order valence-electron chi connectivity index (χ1n) is 4.71. The molecule has 1 atom stereocenters. The first-order valence-corrected chi connectivity index (χ1v) is 5.50. The zero-order valence-corrected chi connectivity index (χ0v) is 10.5. The van der Waals surface area contributed by atoms with Crippen LogP contribution in [0.5, 0.6) is 5.75 Å². The quantitative estimate of drug-likeness (QED) is 0.927. The number of aliphatic carboxylic acids is 1. The zero-order chi connectivity index (χ0) is 12.3. The third kappa shape index (κ3) is 2.72. The van der Waals surface area contributed by atoms with E-state index in [-0.39, 0.29) is 12.0 Å². The van der Waals surface area contributed by atoms with Crippen LogP contribution in [0.3, 0.4) is 0 Å². The molecule has 1 aromatic rings. The number of ether oxygens (including phenoxy) is 1. The maximum atomic E-state index is 13.5. The summed E-state index contributed by atoms with van der Waals surface area (Å²) in [6.07, 6.45) is 0.101. The molecule has 3 nitrogen and oxygen atoms in total. The first-order chi connectivity index (χ1) is 7.47. The smallest absolute Gasteiger partial charge is 0.306 e. The van der Waals surface area contributed by atoms with E-state index in [0.29, 0.717) is 10.2 Å². The average Bonchev–Trinajstić information content (AvgIpc) is 2.23. The molecule has 0 saturated heterocycles. The number of methoxy groups -OCH3 is 1. The van der Waals surface area contributed by atoms with Crippen molar-refractivity contribution in [3.05, 3.63) is 28.0 Å². The van der Waals surface area contributed by atoms with Gasteiger partial charge in [-0.1, -0.05) is 6.92 Å². The lowest BCUT2D eigenvalue weighted by Gasteiger charge is -2.13. The van der Waals surface area contributed by atoms with Gasteiger partial charge in [0.1, 0.15) is 11.6 Å². The van der Waals surface area contributed by atoms with Crippen molar-refractivity contribution in [1.82, 2.24) is 0 Å². The molecule has 0 amide bonds. The number of carbonyl (C=O) groups is 1. The number of carboxylic acids is 1. The highest BCUT2D eigenvalue weighted by Crippen LogP contribution is 2.32.